The number of amides is 3. The van der Waals surface area contributed by atoms with Gasteiger partial charge in [-0.25, -0.2) is 9.59 Å². The number of benzene rings is 1. The molecule has 7 nitrogen and oxygen atoms in total. The van der Waals surface area contributed by atoms with Gasteiger partial charge in [-0.3, -0.25) is 9.69 Å². The van der Waals surface area contributed by atoms with Gasteiger partial charge in [0.05, 0.1) is 13.2 Å². The van der Waals surface area contributed by atoms with Crippen molar-refractivity contribution in [1.29, 1.82) is 0 Å². The topological polar surface area (TPSA) is 87.7 Å². The molecule has 0 saturated carbocycles. The third-order valence-corrected chi connectivity index (χ3v) is 3.21. The van der Waals surface area contributed by atoms with Crippen LogP contribution in [0.4, 0.5) is 10.5 Å². The minimum atomic E-state index is -0.385. The Kier molecular flexibility index (Phi) is 5.74. The van der Waals surface area contributed by atoms with Crippen LogP contribution in [0.15, 0.2) is 30.3 Å². The number of anilines is 1. The van der Waals surface area contributed by atoms with Crippen molar-refractivity contribution < 1.29 is 19.1 Å². The van der Waals surface area contributed by atoms with Crippen LogP contribution in [-0.2, 0) is 14.3 Å². The van der Waals surface area contributed by atoms with Gasteiger partial charge in [0.1, 0.15) is 0 Å². The van der Waals surface area contributed by atoms with E-state index in [2.05, 4.69) is 10.6 Å². The Morgan fingerprint density at radius 1 is 1.35 bits per heavy atom. The summed E-state index contributed by atoms with van der Waals surface area (Å²) in [6.07, 6.45) is 3.02. The monoisotopic (exact) mass is 317 g/mol. The Morgan fingerprint density at radius 3 is 2.70 bits per heavy atom. The summed E-state index contributed by atoms with van der Waals surface area (Å²) in [7, 11) is 0. The quantitative estimate of drug-likeness (QED) is 0.608. The first-order valence-corrected chi connectivity index (χ1v) is 7.37. The smallest absolute Gasteiger partial charge is 0.330 e. The number of imide groups is 1. The zero-order valence-electron chi connectivity index (χ0n) is 12.9. The predicted molar refractivity (Wildman–Crippen MR) is 85.7 cm³/mol. The molecule has 2 N–H and O–H groups in total. The van der Waals surface area contributed by atoms with E-state index in [0.717, 1.165) is 11.3 Å². The van der Waals surface area contributed by atoms with Crippen LogP contribution in [-0.4, -0.2) is 49.0 Å². The summed E-state index contributed by atoms with van der Waals surface area (Å²) in [6, 6.07) is 6.86. The van der Waals surface area contributed by atoms with Crippen LogP contribution in [0.2, 0.25) is 0 Å². The molecule has 1 aliphatic rings. The number of nitrogens with one attached hydrogen (secondary N) is 2. The van der Waals surface area contributed by atoms with Gasteiger partial charge >= 0.3 is 12.0 Å². The third-order valence-electron chi connectivity index (χ3n) is 3.21. The van der Waals surface area contributed by atoms with Crippen molar-refractivity contribution in [3.05, 3.63) is 35.9 Å². The molecule has 1 heterocycles. The molecule has 23 heavy (non-hydrogen) atoms. The summed E-state index contributed by atoms with van der Waals surface area (Å²) in [5, 5.41) is 5.55. The Balaban J connectivity index is 1.84. The fraction of sp³-hybridized carbons (Fsp3) is 0.312. The first-order valence-electron chi connectivity index (χ1n) is 7.37. The van der Waals surface area contributed by atoms with Crippen LogP contribution in [0, 0.1) is 0 Å². The van der Waals surface area contributed by atoms with E-state index in [4.69, 9.17) is 4.74 Å². The van der Waals surface area contributed by atoms with Gasteiger partial charge in [-0.05, 0) is 30.7 Å². The van der Waals surface area contributed by atoms with E-state index in [-0.39, 0.29) is 24.5 Å². The maximum Gasteiger partial charge on any atom is 0.330 e. The molecule has 0 aliphatic carbocycles. The first-order chi connectivity index (χ1) is 11.1. The second-order valence-electron chi connectivity index (χ2n) is 4.84. The lowest BCUT2D eigenvalue weighted by Crippen LogP contribution is -2.37. The highest BCUT2D eigenvalue weighted by molar-refractivity contribution is 5.97. The lowest BCUT2D eigenvalue weighted by Gasteiger charge is -2.13. The number of hydrogen-bond donors (Lipinski definition) is 2. The highest BCUT2D eigenvalue weighted by Crippen LogP contribution is 2.11. The molecule has 0 spiro atoms. The van der Waals surface area contributed by atoms with Crippen LogP contribution in [0.1, 0.15) is 12.5 Å². The Hall–Kier alpha value is -2.83. The number of urea groups is 1. The van der Waals surface area contributed by atoms with Crippen LogP contribution in [0.3, 0.4) is 0 Å². The van der Waals surface area contributed by atoms with E-state index in [1.165, 1.54) is 11.0 Å². The Labute approximate surface area is 134 Å². The van der Waals surface area contributed by atoms with Gasteiger partial charge in [0.25, 0.3) is 0 Å². The highest BCUT2D eigenvalue weighted by atomic mass is 16.5. The summed E-state index contributed by atoms with van der Waals surface area (Å²) in [4.78, 5) is 35.6. The van der Waals surface area contributed by atoms with Gasteiger partial charge in [0.2, 0.25) is 5.91 Å². The van der Waals surface area contributed by atoms with Crippen LogP contribution >= 0.6 is 0 Å². The van der Waals surface area contributed by atoms with Gasteiger partial charge in [-0.2, -0.15) is 0 Å². The second kappa shape index (κ2) is 7.98. The standard InChI is InChI=1S/C16H19N3O4/c1-2-23-15(21)8-5-12-3-6-13(7-4-12)18-11-14(20)19-10-9-17-16(19)22/h3-8,18H,2,9-11H2,1H3,(H,17,22). The molecule has 122 valence electrons. The van der Waals surface area contributed by atoms with Crippen LogP contribution < -0.4 is 10.6 Å². The van der Waals surface area contributed by atoms with Gasteiger partial charge < -0.3 is 15.4 Å². The van der Waals surface area contributed by atoms with Crippen LogP contribution in [0.5, 0.6) is 0 Å². The molecule has 0 aromatic heterocycles. The number of esters is 1. The zero-order chi connectivity index (χ0) is 16.7. The van der Waals surface area contributed by atoms with Crippen molar-refractivity contribution in [2.45, 2.75) is 6.92 Å². The van der Waals surface area contributed by atoms with Crippen molar-refractivity contribution in [2.75, 3.05) is 31.6 Å². The fourth-order valence-corrected chi connectivity index (χ4v) is 2.05. The Bertz CT molecular complexity index is 610. The van der Waals surface area contributed by atoms with Crippen molar-refractivity contribution >= 4 is 29.7 Å². The SMILES string of the molecule is CCOC(=O)C=Cc1ccc(NCC(=O)N2CCNC2=O)cc1. The predicted octanol–water partition coefficient (Wildman–Crippen LogP) is 1.23. The molecular formula is C16H19N3O4. The summed E-state index contributed by atoms with van der Waals surface area (Å²) >= 11 is 0. The van der Waals surface area contributed by atoms with Crippen molar-refractivity contribution in [3.8, 4) is 0 Å². The van der Waals surface area contributed by atoms with E-state index in [1.54, 1.807) is 25.1 Å². The van der Waals surface area contributed by atoms with E-state index in [1.807, 2.05) is 12.1 Å². The molecular weight excluding hydrogens is 298 g/mol. The number of rotatable bonds is 6. The van der Waals surface area contributed by atoms with Crippen molar-refractivity contribution in [3.63, 3.8) is 0 Å². The minimum absolute atomic E-state index is 0.0471. The summed E-state index contributed by atoms with van der Waals surface area (Å²) in [6.45, 7) is 3.03. The van der Waals surface area contributed by atoms with Gasteiger partial charge in [-0.1, -0.05) is 12.1 Å². The number of carbonyl (C=O) groups is 3. The molecule has 0 atom stereocenters. The number of nitrogens with zero attached hydrogens (tertiary/aromatic N) is 1. The third kappa shape index (κ3) is 4.84. The molecule has 1 fully saturated rings. The molecule has 3 amide bonds. The molecule has 0 radical (unpaired) electrons. The van der Waals surface area contributed by atoms with Crippen molar-refractivity contribution in [2.24, 2.45) is 0 Å². The summed E-state index contributed by atoms with van der Waals surface area (Å²) < 4.78 is 4.80. The number of ether oxygens (including phenoxy) is 1. The molecule has 2 rings (SSSR count). The van der Waals surface area contributed by atoms with E-state index in [0.29, 0.717) is 19.7 Å². The molecule has 1 aromatic carbocycles. The fourth-order valence-electron chi connectivity index (χ4n) is 2.05. The Morgan fingerprint density at radius 2 is 2.09 bits per heavy atom. The molecule has 7 heteroatoms. The lowest BCUT2D eigenvalue weighted by molar-refractivity contribution is -0.137. The first kappa shape index (κ1) is 16.5. The summed E-state index contributed by atoms with van der Waals surface area (Å²) in [5.74, 6) is -0.657. The maximum atomic E-state index is 11.9. The molecule has 1 aromatic rings. The average molecular weight is 317 g/mol. The minimum Gasteiger partial charge on any atom is -0.463 e. The average Bonchev–Trinajstić information content (AvgIpc) is 2.98. The molecule has 1 saturated heterocycles. The second-order valence-corrected chi connectivity index (χ2v) is 4.84. The maximum absolute atomic E-state index is 11.9. The normalized spacial score (nSPS) is 14.0. The van der Waals surface area contributed by atoms with E-state index >= 15 is 0 Å². The number of hydrogen-bond acceptors (Lipinski definition) is 5. The lowest BCUT2D eigenvalue weighted by atomic mass is 10.2. The molecule has 0 unspecified atom stereocenters. The summed E-state index contributed by atoms with van der Waals surface area (Å²) in [5.41, 5.74) is 1.60. The van der Waals surface area contributed by atoms with Crippen molar-refractivity contribution in [1.82, 2.24) is 10.2 Å². The van der Waals surface area contributed by atoms with Gasteiger partial charge in [0.15, 0.2) is 0 Å². The highest BCUT2D eigenvalue weighted by Gasteiger charge is 2.25. The van der Waals surface area contributed by atoms with Gasteiger partial charge in [0, 0.05) is 24.9 Å². The van der Waals surface area contributed by atoms with Crippen LogP contribution in [0.25, 0.3) is 6.08 Å². The van der Waals surface area contributed by atoms with Gasteiger partial charge in [-0.15, -0.1) is 0 Å². The largest absolute Gasteiger partial charge is 0.463 e. The molecule has 0 bridgehead atoms. The van der Waals surface area contributed by atoms with E-state index in [9.17, 15) is 14.4 Å². The van der Waals surface area contributed by atoms with E-state index < -0.39 is 0 Å². The zero-order valence-corrected chi connectivity index (χ0v) is 12.9. The number of carbonyl (C=O) groups excluding carboxylic acids is 3. The molecule has 1 aliphatic heterocycles.